The normalized spacial score (nSPS) is 17.6. The molecule has 0 aromatic carbocycles. The lowest BCUT2D eigenvalue weighted by Crippen LogP contribution is -2.50. The molecule has 0 aliphatic carbocycles. The van der Waals surface area contributed by atoms with Gasteiger partial charge in [-0.2, -0.15) is 0 Å². The molecule has 1 unspecified atom stereocenters. The van der Waals surface area contributed by atoms with Crippen LogP contribution in [0, 0.1) is 0 Å². The number of aliphatic hydroxyl groups is 1. The summed E-state index contributed by atoms with van der Waals surface area (Å²) in [5, 5.41) is 9.68. The molecule has 1 aliphatic rings. The zero-order chi connectivity index (χ0) is 15.2. The summed E-state index contributed by atoms with van der Waals surface area (Å²) >= 11 is 0. The van der Waals surface area contributed by atoms with Crippen LogP contribution < -0.4 is 4.74 Å². The quantitative estimate of drug-likeness (QED) is 0.862. The predicted molar refractivity (Wildman–Crippen MR) is 79.4 cm³/mol. The smallest absolute Gasteiger partial charge is 0.259 e. The van der Waals surface area contributed by atoms with Crippen LogP contribution >= 0.6 is 0 Å². The number of amides is 1. The van der Waals surface area contributed by atoms with E-state index in [1.165, 1.54) is 7.11 Å². The molecule has 0 spiro atoms. The first-order valence-corrected chi connectivity index (χ1v) is 7.34. The van der Waals surface area contributed by atoms with Crippen molar-refractivity contribution in [3.05, 3.63) is 23.9 Å². The largest absolute Gasteiger partial charge is 0.480 e. The monoisotopic (exact) mass is 293 g/mol. The molecule has 1 fully saturated rings. The molecule has 1 saturated heterocycles. The lowest BCUT2D eigenvalue weighted by Gasteiger charge is -2.35. The average molecular weight is 293 g/mol. The summed E-state index contributed by atoms with van der Waals surface area (Å²) in [6.45, 7) is 5.53. The SMILES string of the molecule is CCC(O)CN1CCN(C(=O)c2cccnc2OC)CC1. The van der Waals surface area contributed by atoms with Gasteiger partial charge in [-0.15, -0.1) is 0 Å². The molecule has 1 amide bonds. The first kappa shape index (κ1) is 15.7. The number of aromatic nitrogens is 1. The van der Waals surface area contributed by atoms with E-state index in [4.69, 9.17) is 4.74 Å². The Hall–Kier alpha value is -1.66. The van der Waals surface area contributed by atoms with Crippen LogP contribution in [0.5, 0.6) is 5.88 Å². The molecule has 1 aromatic rings. The van der Waals surface area contributed by atoms with Gasteiger partial charge in [0, 0.05) is 38.9 Å². The van der Waals surface area contributed by atoms with Crippen molar-refractivity contribution in [2.24, 2.45) is 0 Å². The van der Waals surface area contributed by atoms with Crippen molar-refractivity contribution in [1.29, 1.82) is 0 Å². The Morgan fingerprint density at radius 2 is 2.14 bits per heavy atom. The predicted octanol–water partition coefficient (Wildman–Crippen LogP) is 0.619. The molecule has 1 atom stereocenters. The number of carbonyl (C=O) groups excluding carboxylic acids is 1. The molecule has 1 aliphatic heterocycles. The molecule has 2 rings (SSSR count). The van der Waals surface area contributed by atoms with Crippen molar-refractivity contribution in [2.45, 2.75) is 19.4 Å². The van der Waals surface area contributed by atoms with E-state index in [1.54, 1.807) is 18.3 Å². The van der Waals surface area contributed by atoms with Crippen molar-refractivity contribution in [1.82, 2.24) is 14.8 Å². The first-order valence-electron chi connectivity index (χ1n) is 7.34. The number of nitrogens with zero attached hydrogens (tertiary/aromatic N) is 3. The van der Waals surface area contributed by atoms with Crippen LogP contribution in [0.3, 0.4) is 0 Å². The number of β-amino-alcohol motifs (C(OH)–C–C–N with tert-alkyl or cyclic N) is 1. The van der Waals surface area contributed by atoms with Crippen LogP contribution in [0.25, 0.3) is 0 Å². The van der Waals surface area contributed by atoms with Crippen LogP contribution in [0.15, 0.2) is 18.3 Å². The van der Waals surface area contributed by atoms with E-state index < -0.39 is 0 Å². The molecule has 0 bridgehead atoms. The highest BCUT2D eigenvalue weighted by Gasteiger charge is 2.25. The molecule has 0 radical (unpaired) electrons. The Morgan fingerprint density at radius 1 is 1.43 bits per heavy atom. The van der Waals surface area contributed by atoms with E-state index in [0.717, 1.165) is 19.5 Å². The van der Waals surface area contributed by atoms with Gasteiger partial charge in [-0.1, -0.05) is 6.92 Å². The number of methoxy groups -OCH3 is 1. The molecule has 6 nitrogen and oxygen atoms in total. The summed E-state index contributed by atoms with van der Waals surface area (Å²) in [5.41, 5.74) is 0.502. The number of pyridine rings is 1. The second kappa shape index (κ2) is 7.38. The van der Waals surface area contributed by atoms with Crippen LogP contribution in [0.1, 0.15) is 23.7 Å². The molecule has 1 N–H and O–H groups in total. The fourth-order valence-corrected chi connectivity index (χ4v) is 2.45. The second-order valence-corrected chi connectivity index (χ2v) is 5.22. The third-order valence-electron chi connectivity index (χ3n) is 3.79. The van der Waals surface area contributed by atoms with E-state index in [2.05, 4.69) is 9.88 Å². The summed E-state index contributed by atoms with van der Waals surface area (Å²) in [6.07, 6.45) is 2.08. The summed E-state index contributed by atoms with van der Waals surface area (Å²) in [4.78, 5) is 20.6. The van der Waals surface area contributed by atoms with Crippen LogP contribution in [-0.2, 0) is 0 Å². The van der Waals surface area contributed by atoms with E-state index in [-0.39, 0.29) is 12.0 Å². The number of rotatable bonds is 5. The van der Waals surface area contributed by atoms with Crippen LogP contribution in [0.4, 0.5) is 0 Å². The number of carbonyl (C=O) groups is 1. The minimum atomic E-state index is -0.286. The van der Waals surface area contributed by atoms with Gasteiger partial charge in [-0.05, 0) is 18.6 Å². The van der Waals surface area contributed by atoms with Gasteiger partial charge in [0.15, 0.2) is 0 Å². The summed E-state index contributed by atoms with van der Waals surface area (Å²) in [7, 11) is 1.52. The highest BCUT2D eigenvalue weighted by Crippen LogP contribution is 2.17. The maximum absolute atomic E-state index is 12.5. The van der Waals surface area contributed by atoms with Crippen molar-refractivity contribution in [2.75, 3.05) is 39.8 Å². The van der Waals surface area contributed by atoms with Gasteiger partial charge < -0.3 is 14.7 Å². The average Bonchev–Trinajstić information content (AvgIpc) is 2.54. The molecular formula is C15H23N3O3. The second-order valence-electron chi connectivity index (χ2n) is 5.22. The van der Waals surface area contributed by atoms with Gasteiger partial charge in [-0.3, -0.25) is 9.69 Å². The lowest BCUT2D eigenvalue weighted by atomic mass is 10.2. The number of piperazine rings is 1. The van der Waals surface area contributed by atoms with E-state index in [0.29, 0.717) is 31.1 Å². The van der Waals surface area contributed by atoms with Gasteiger partial charge >= 0.3 is 0 Å². The minimum Gasteiger partial charge on any atom is -0.480 e. The third-order valence-corrected chi connectivity index (χ3v) is 3.79. The van der Waals surface area contributed by atoms with Gasteiger partial charge in [-0.25, -0.2) is 4.98 Å². The van der Waals surface area contributed by atoms with Gasteiger partial charge in [0.2, 0.25) is 5.88 Å². The highest BCUT2D eigenvalue weighted by atomic mass is 16.5. The van der Waals surface area contributed by atoms with Crippen molar-refractivity contribution in [3.8, 4) is 5.88 Å². The standard InChI is InChI=1S/C15H23N3O3/c1-3-12(19)11-17-7-9-18(10-8-17)15(20)13-5-4-6-16-14(13)21-2/h4-6,12,19H,3,7-11H2,1-2H3. The molecule has 2 heterocycles. The fourth-order valence-electron chi connectivity index (χ4n) is 2.45. The Kier molecular flexibility index (Phi) is 5.52. The van der Waals surface area contributed by atoms with Crippen molar-refractivity contribution >= 4 is 5.91 Å². The summed E-state index contributed by atoms with van der Waals surface area (Å²) < 4.78 is 5.14. The molecule has 6 heteroatoms. The first-order chi connectivity index (χ1) is 10.2. The zero-order valence-electron chi connectivity index (χ0n) is 12.7. The van der Waals surface area contributed by atoms with E-state index in [1.807, 2.05) is 11.8 Å². The Labute approximate surface area is 125 Å². The Bertz CT molecular complexity index is 473. The van der Waals surface area contributed by atoms with Gasteiger partial charge in [0.1, 0.15) is 5.56 Å². The molecule has 1 aromatic heterocycles. The number of hydrogen-bond acceptors (Lipinski definition) is 5. The van der Waals surface area contributed by atoms with E-state index in [9.17, 15) is 9.90 Å². The number of aliphatic hydroxyl groups excluding tert-OH is 1. The highest BCUT2D eigenvalue weighted by molar-refractivity contribution is 5.96. The molecule has 116 valence electrons. The summed E-state index contributed by atoms with van der Waals surface area (Å²) in [5.74, 6) is 0.321. The Morgan fingerprint density at radius 3 is 2.76 bits per heavy atom. The van der Waals surface area contributed by atoms with Crippen LogP contribution in [-0.4, -0.2) is 71.7 Å². The molecule has 0 saturated carbocycles. The molecule has 21 heavy (non-hydrogen) atoms. The third kappa shape index (κ3) is 3.92. The number of ether oxygens (including phenoxy) is 1. The summed E-state index contributed by atoms with van der Waals surface area (Å²) in [6, 6.07) is 3.48. The van der Waals surface area contributed by atoms with Crippen molar-refractivity contribution in [3.63, 3.8) is 0 Å². The van der Waals surface area contributed by atoms with Crippen molar-refractivity contribution < 1.29 is 14.6 Å². The van der Waals surface area contributed by atoms with Gasteiger partial charge in [0.05, 0.1) is 13.2 Å². The molecular weight excluding hydrogens is 270 g/mol. The number of hydrogen-bond donors (Lipinski definition) is 1. The topological polar surface area (TPSA) is 65.9 Å². The van der Waals surface area contributed by atoms with Crippen LogP contribution in [0.2, 0.25) is 0 Å². The Balaban J connectivity index is 1.94. The maximum Gasteiger partial charge on any atom is 0.259 e. The van der Waals surface area contributed by atoms with E-state index >= 15 is 0 Å². The lowest BCUT2D eigenvalue weighted by molar-refractivity contribution is 0.0521. The fraction of sp³-hybridized carbons (Fsp3) is 0.600. The maximum atomic E-state index is 12.5. The van der Waals surface area contributed by atoms with Gasteiger partial charge in [0.25, 0.3) is 5.91 Å². The zero-order valence-corrected chi connectivity index (χ0v) is 12.7. The minimum absolute atomic E-state index is 0.0457.